The minimum atomic E-state index is -0.375. The van der Waals surface area contributed by atoms with E-state index in [1.54, 1.807) is 0 Å². The maximum atomic E-state index is 11.9. The van der Waals surface area contributed by atoms with Gasteiger partial charge in [0.25, 0.3) is 0 Å². The van der Waals surface area contributed by atoms with E-state index in [0.717, 1.165) is 13.0 Å². The fraction of sp³-hybridized carbons (Fsp3) is 0.929. The van der Waals surface area contributed by atoms with Crippen LogP contribution in [0.5, 0.6) is 0 Å². The Morgan fingerprint density at radius 2 is 1.59 bits per heavy atom. The molecule has 0 aromatic rings. The van der Waals surface area contributed by atoms with Crippen molar-refractivity contribution in [1.82, 2.24) is 5.32 Å². The summed E-state index contributed by atoms with van der Waals surface area (Å²) < 4.78 is 0. The summed E-state index contributed by atoms with van der Waals surface area (Å²) in [6.45, 7) is 13.6. The molecule has 0 aromatic carbocycles. The van der Waals surface area contributed by atoms with E-state index in [2.05, 4.69) is 39.9 Å². The van der Waals surface area contributed by atoms with Gasteiger partial charge in [-0.3, -0.25) is 4.79 Å². The van der Waals surface area contributed by atoms with E-state index in [9.17, 15) is 4.79 Å². The summed E-state index contributed by atoms with van der Waals surface area (Å²) in [5.41, 5.74) is 5.90. The Morgan fingerprint density at radius 3 is 1.94 bits per heavy atom. The number of rotatable bonds is 7. The summed E-state index contributed by atoms with van der Waals surface area (Å²) in [4.78, 5) is 11.9. The van der Waals surface area contributed by atoms with Gasteiger partial charge in [-0.1, -0.05) is 48.0 Å². The number of carbonyl (C=O) groups excluding carboxylic acids is 1. The van der Waals surface area contributed by atoms with Gasteiger partial charge < -0.3 is 11.1 Å². The molecule has 0 aliphatic rings. The van der Waals surface area contributed by atoms with E-state index in [-0.39, 0.29) is 17.9 Å². The monoisotopic (exact) mass is 242 g/mol. The topological polar surface area (TPSA) is 55.1 Å². The van der Waals surface area contributed by atoms with E-state index in [0.29, 0.717) is 17.8 Å². The van der Waals surface area contributed by atoms with Crippen LogP contribution in [0.4, 0.5) is 0 Å². The minimum Gasteiger partial charge on any atom is -0.354 e. The van der Waals surface area contributed by atoms with Crippen LogP contribution in [0, 0.1) is 23.7 Å². The van der Waals surface area contributed by atoms with Crippen LogP contribution in [0.1, 0.15) is 48.0 Å². The Balaban J connectivity index is 4.22. The average Bonchev–Trinajstić information content (AvgIpc) is 2.25. The first-order valence-corrected chi connectivity index (χ1v) is 6.84. The minimum absolute atomic E-state index is 0.00866. The maximum Gasteiger partial charge on any atom is 0.237 e. The second kappa shape index (κ2) is 7.70. The summed E-state index contributed by atoms with van der Waals surface area (Å²) in [7, 11) is 0. The largest absolute Gasteiger partial charge is 0.354 e. The van der Waals surface area contributed by atoms with Crippen LogP contribution in [0.3, 0.4) is 0 Å². The lowest BCUT2D eigenvalue weighted by Gasteiger charge is -2.26. The molecule has 3 nitrogen and oxygen atoms in total. The lowest BCUT2D eigenvalue weighted by Crippen LogP contribution is -2.46. The molecule has 0 heterocycles. The van der Waals surface area contributed by atoms with E-state index >= 15 is 0 Å². The fourth-order valence-electron chi connectivity index (χ4n) is 2.09. The molecule has 0 bridgehead atoms. The Morgan fingerprint density at radius 1 is 1.12 bits per heavy atom. The van der Waals surface area contributed by atoms with Gasteiger partial charge in [0.1, 0.15) is 0 Å². The van der Waals surface area contributed by atoms with Gasteiger partial charge in [0, 0.05) is 6.54 Å². The van der Waals surface area contributed by atoms with Crippen molar-refractivity contribution in [2.45, 2.75) is 54.0 Å². The standard InChI is InChI=1S/C14H30N2O/c1-7-11(6)13(15)14(17)16-8-12(9(2)3)10(4)5/h9-13H,7-8,15H2,1-6H3,(H,16,17)/t11?,13-/m0/s1. The van der Waals surface area contributed by atoms with Crippen molar-refractivity contribution in [2.24, 2.45) is 29.4 Å². The van der Waals surface area contributed by atoms with Crippen LogP contribution in [0.15, 0.2) is 0 Å². The molecular weight excluding hydrogens is 212 g/mol. The zero-order valence-electron chi connectivity index (χ0n) is 12.3. The molecule has 3 N–H and O–H groups in total. The molecule has 0 rings (SSSR count). The van der Waals surface area contributed by atoms with Crippen molar-refractivity contribution in [3.05, 3.63) is 0 Å². The summed E-state index contributed by atoms with van der Waals surface area (Å²) in [5, 5.41) is 3.00. The highest BCUT2D eigenvalue weighted by atomic mass is 16.2. The molecule has 0 aliphatic heterocycles. The third kappa shape index (κ3) is 5.53. The van der Waals surface area contributed by atoms with Crippen molar-refractivity contribution in [3.8, 4) is 0 Å². The molecule has 1 amide bonds. The van der Waals surface area contributed by atoms with Crippen LogP contribution < -0.4 is 11.1 Å². The molecule has 3 heteroatoms. The molecule has 2 atom stereocenters. The second-order valence-electron chi connectivity index (χ2n) is 5.81. The van der Waals surface area contributed by atoms with Gasteiger partial charge in [-0.15, -0.1) is 0 Å². The van der Waals surface area contributed by atoms with E-state index in [1.165, 1.54) is 0 Å². The molecule has 0 saturated carbocycles. The van der Waals surface area contributed by atoms with Gasteiger partial charge in [0.05, 0.1) is 6.04 Å². The third-order valence-electron chi connectivity index (χ3n) is 3.78. The summed E-state index contributed by atoms with van der Waals surface area (Å²) >= 11 is 0. The highest BCUT2D eigenvalue weighted by Gasteiger charge is 2.22. The molecule has 1 unspecified atom stereocenters. The molecular formula is C14H30N2O. The molecule has 0 saturated heterocycles. The van der Waals surface area contributed by atoms with Crippen LogP contribution in [0.2, 0.25) is 0 Å². The molecule has 0 spiro atoms. The van der Waals surface area contributed by atoms with Crippen molar-refractivity contribution in [2.75, 3.05) is 6.54 Å². The smallest absolute Gasteiger partial charge is 0.237 e. The molecule has 0 fully saturated rings. The second-order valence-corrected chi connectivity index (χ2v) is 5.81. The normalized spacial score (nSPS) is 15.4. The zero-order chi connectivity index (χ0) is 13.6. The number of carbonyl (C=O) groups is 1. The van der Waals surface area contributed by atoms with Gasteiger partial charge in [-0.05, 0) is 23.7 Å². The van der Waals surface area contributed by atoms with Crippen LogP contribution >= 0.6 is 0 Å². The van der Waals surface area contributed by atoms with E-state index < -0.39 is 0 Å². The first-order chi connectivity index (χ1) is 7.81. The molecule has 0 aliphatic carbocycles. The van der Waals surface area contributed by atoms with Crippen molar-refractivity contribution < 1.29 is 4.79 Å². The molecule has 17 heavy (non-hydrogen) atoms. The molecule has 102 valence electrons. The number of nitrogens with two attached hydrogens (primary N) is 1. The lowest BCUT2D eigenvalue weighted by molar-refractivity contribution is -0.123. The van der Waals surface area contributed by atoms with Crippen molar-refractivity contribution in [1.29, 1.82) is 0 Å². The number of amides is 1. The first kappa shape index (κ1) is 16.4. The van der Waals surface area contributed by atoms with Gasteiger partial charge >= 0.3 is 0 Å². The Bertz CT molecular complexity index is 218. The van der Waals surface area contributed by atoms with Gasteiger partial charge in [-0.25, -0.2) is 0 Å². The molecule has 0 aromatic heterocycles. The Kier molecular flexibility index (Phi) is 7.44. The number of hydrogen-bond acceptors (Lipinski definition) is 2. The first-order valence-electron chi connectivity index (χ1n) is 6.84. The van der Waals surface area contributed by atoms with Crippen LogP contribution in [0.25, 0.3) is 0 Å². The van der Waals surface area contributed by atoms with Gasteiger partial charge in [0.15, 0.2) is 0 Å². The number of hydrogen-bond donors (Lipinski definition) is 2. The Labute approximate surface area is 107 Å². The fourth-order valence-corrected chi connectivity index (χ4v) is 2.09. The van der Waals surface area contributed by atoms with Crippen LogP contribution in [-0.2, 0) is 4.79 Å². The predicted octanol–water partition coefficient (Wildman–Crippen LogP) is 2.40. The highest BCUT2D eigenvalue weighted by molar-refractivity contribution is 5.81. The summed E-state index contributed by atoms with van der Waals surface area (Å²) in [6.07, 6.45) is 0.937. The zero-order valence-corrected chi connectivity index (χ0v) is 12.3. The summed E-state index contributed by atoms with van der Waals surface area (Å²) in [6, 6.07) is -0.375. The van der Waals surface area contributed by atoms with Crippen molar-refractivity contribution >= 4 is 5.91 Å². The maximum absolute atomic E-state index is 11.9. The van der Waals surface area contributed by atoms with Gasteiger partial charge in [-0.2, -0.15) is 0 Å². The number of nitrogens with one attached hydrogen (secondary N) is 1. The molecule has 0 radical (unpaired) electrons. The van der Waals surface area contributed by atoms with E-state index in [4.69, 9.17) is 5.73 Å². The SMILES string of the molecule is CCC(C)[C@H](N)C(=O)NCC(C(C)C)C(C)C. The Hall–Kier alpha value is -0.570. The average molecular weight is 242 g/mol. The quantitative estimate of drug-likeness (QED) is 0.720. The van der Waals surface area contributed by atoms with Crippen molar-refractivity contribution in [3.63, 3.8) is 0 Å². The third-order valence-corrected chi connectivity index (χ3v) is 3.78. The highest BCUT2D eigenvalue weighted by Crippen LogP contribution is 2.19. The van der Waals surface area contributed by atoms with E-state index in [1.807, 2.05) is 6.92 Å². The lowest BCUT2D eigenvalue weighted by atomic mass is 9.85. The summed E-state index contributed by atoms with van der Waals surface area (Å²) in [5.74, 6) is 1.91. The predicted molar refractivity (Wildman–Crippen MR) is 73.6 cm³/mol. The van der Waals surface area contributed by atoms with Crippen LogP contribution in [-0.4, -0.2) is 18.5 Å². The van der Waals surface area contributed by atoms with Gasteiger partial charge in [0.2, 0.25) is 5.91 Å².